The molecule has 0 aliphatic rings. The topological polar surface area (TPSA) is 39.1 Å². The van der Waals surface area contributed by atoms with Gasteiger partial charge in [-0.3, -0.25) is 4.68 Å². The summed E-state index contributed by atoms with van der Waals surface area (Å²) in [7, 11) is 3.65. The zero-order valence-electron chi connectivity index (χ0n) is 9.16. The Bertz CT molecular complexity index is 260. The van der Waals surface area contributed by atoms with Crippen molar-refractivity contribution in [3.05, 3.63) is 18.0 Å². The molecule has 0 aliphatic heterocycles. The molecule has 1 atom stereocenters. The van der Waals surface area contributed by atoms with Crippen LogP contribution in [0.2, 0.25) is 0 Å². The normalized spacial score (nSPS) is 13.1. The fourth-order valence-electron chi connectivity index (χ4n) is 1.52. The van der Waals surface area contributed by atoms with Crippen molar-refractivity contribution in [1.82, 2.24) is 15.1 Å². The Labute approximate surface area is 85.3 Å². The second kappa shape index (κ2) is 5.78. The summed E-state index contributed by atoms with van der Waals surface area (Å²) in [5, 5.41) is 7.50. The number of hydrogen-bond donors (Lipinski definition) is 1. The predicted octanol–water partition coefficient (Wildman–Crippen LogP) is 1.20. The van der Waals surface area contributed by atoms with Gasteiger partial charge in [0.05, 0.1) is 18.3 Å². The molecule has 4 heteroatoms. The van der Waals surface area contributed by atoms with Crippen LogP contribution in [0.4, 0.5) is 0 Å². The largest absolute Gasteiger partial charge is 0.383 e. The molecular formula is C10H19N3O. The number of hydrogen-bond acceptors (Lipinski definition) is 3. The summed E-state index contributed by atoms with van der Waals surface area (Å²) in [6.45, 7) is 3.78. The van der Waals surface area contributed by atoms with Crippen LogP contribution in [0.25, 0.3) is 0 Å². The SMILES string of the molecule is CCCn1nccc1C(COC)NC. The molecule has 0 aromatic carbocycles. The maximum absolute atomic E-state index is 5.15. The van der Waals surface area contributed by atoms with E-state index in [-0.39, 0.29) is 6.04 Å². The summed E-state index contributed by atoms with van der Waals surface area (Å²) >= 11 is 0. The smallest absolute Gasteiger partial charge is 0.0727 e. The molecule has 0 amide bonds. The van der Waals surface area contributed by atoms with Crippen LogP contribution in [0, 0.1) is 0 Å². The van der Waals surface area contributed by atoms with Crippen LogP contribution in [0.15, 0.2) is 12.3 Å². The third-order valence-corrected chi connectivity index (χ3v) is 2.22. The van der Waals surface area contributed by atoms with Crippen LogP contribution in [-0.4, -0.2) is 30.5 Å². The summed E-state index contributed by atoms with van der Waals surface area (Å²) in [6, 6.07) is 2.27. The van der Waals surface area contributed by atoms with Crippen LogP contribution in [0.5, 0.6) is 0 Å². The Morgan fingerprint density at radius 2 is 2.43 bits per heavy atom. The van der Waals surface area contributed by atoms with Crippen molar-refractivity contribution in [2.45, 2.75) is 25.9 Å². The molecule has 14 heavy (non-hydrogen) atoms. The van der Waals surface area contributed by atoms with E-state index < -0.39 is 0 Å². The van der Waals surface area contributed by atoms with E-state index in [0.29, 0.717) is 6.61 Å². The number of rotatable bonds is 6. The second-order valence-corrected chi connectivity index (χ2v) is 3.28. The van der Waals surface area contributed by atoms with Gasteiger partial charge in [0.2, 0.25) is 0 Å². The van der Waals surface area contributed by atoms with Gasteiger partial charge in [-0.05, 0) is 19.5 Å². The molecule has 4 nitrogen and oxygen atoms in total. The molecule has 0 bridgehead atoms. The molecule has 1 rings (SSSR count). The number of likely N-dealkylation sites (N-methyl/N-ethyl adjacent to an activating group) is 1. The molecule has 0 saturated carbocycles. The van der Waals surface area contributed by atoms with Gasteiger partial charge in [0.1, 0.15) is 0 Å². The number of aryl methyl sites for hydroxylation is 1. The molecule has 1 heterocycles. The van der Waals surface area contributed by atoms with Crippen molar-refractivity contribution in [1.29, 1.82) is 0 Å². The second-order valence-electron chi connectivity index (χ2n) is 3.28. The Kier molecular flexibility index (Phi) is 4.62. The first-order valence-electron chi connectivity index (χ1n) is 5.01. The standard InChI is InChI=1S/C10H19N3O/c1-4-7-13-10(5-6-12-13)9(11-2)8-14-3/h5-6,9,11H,4,7-8H2,1-3H3. The predicted molar refractivity (Wildman–Crippen MR) is 56.2 cm³/mol. The molecule has 1 aromatic heterocycles. The summed E-state index contributed by atoms with van der Waals surface area (Å²) in [4.78, 5) is 0. The minimum absolute atomic E-state index is 0.231. The lowest BCUT2D eigenvalue weighted by molar-refractivity contribution is 0.166. The number of methoxy groups -OCH3 is 1. The van der Waals surface area contributed by atoms with Gasteiger partial charge in [0, 0.05) is 19.9 Å². The van der Waals surface area contributed by atoms with Crippen molar-refractivity contribution in [2.24, 2.45) is 0 Å². The first-order chi connectivity index (χ1) is 6.83. The van der Waals surface area contributed by atoms with Crippen molar-refractivity contribution in [3.63, 3.8) is 0 Å². The van der Waals surface area contributed by atoms with Gasteiger partial charge < -0.3 is 10.1 Å². The van der Waals surface area contributed by atoms with E-state index in [1.165, 1.54) is 5.69 Å². The first kappa shape index (κ1) is 11.2. The lowest BCUT2D eigenvalue weighted by atomic mass is 10.2. The number of aromatic nitrogens is 2. The third-order valence-electron chi connectivity index (χ3n) is 2.22. The van der Waals surface area contributed by atoms with E-state index in [1.807, 2.05) is 24.0 Å². The van der Waals surface area contributed by atoms with E-state index >= 15 is 0 Å². The average molecular weight is 197 g/mol. The Morgan fingerprint density at radius 1 is 1.64 bits per heavy atom. The van der Waals surface area contributed by atoms with E-state index in [9.17, 15) is 0 Å². The third kappa shape index (κ3) is 2.56. The molecule has 0 saturated heterocycles. The van der Waals surface area contributed by atoms with Crippen molar-refractivity contribution >= 4 is 0 Å². The highest BCUT2D eigenvalue weighted by molar-refractivity contribution is 5.06. The molecule has 0 radical (unpaired) electrons. The van der Waals surface area contributed by atoms with E-state index in [0.717, 1.165) is 13.0 Å². The zero-order valence-corrected chi connectivity index (χ0v) is 9.16. The van der Waals surface area contributed by atoms with E-state index in [1.54, 1.807) is 7.11 Å². The van der Waals surface area contributed by atoms with Gasteiger partial charge >= 0.3 is 0 Å². The first-order valence-corrected chi connectivity index (χ1v) is 5.01. The highest BCUT2D eigenvalue weighted by atomic mass is 16.5. The molecular weight excluding hydrogens is 178 g/mol. The van der Waals surface area contributed by atoms with Crippen molar-refractivity contribution in [2.75, 3.05) is 20.8 Å². The molecule has 0 spiro atoms. The quantitative estimate of drug-likeness (QED) is 0.744. The van der Waals surface area contributed by atoms with Gasteiger partial charge in [0.15, 0.2) is 0 Å². The fourth-order valence-corrected chi connectivity index (χ4v) is 1.52. The van der Waals surface area contributed by atoms with E-state index in [2.05, 4.69) is 17.3 Å². The monoisotopic (exact) mass is 197 g/mol. The van der Waals surface area contributed by atoms with Crippen LogP contribution < -0.4 is 5.32 Å². The maximum Gasteiger partial charge on any atom is 0.0727 e. The van der Waals surface area contributed by atoms with Crippen molar-refractivity contribution < 1.29 is 4.74 Å². The van der Waals surface area contributed by atoms with Gasteiger partial charge in [-0.15, -0.1) is 0 Å². The number of ether oxygens (including phenoxy) is 1. The molecule has 1 aromatic rings. The van der Waals surface area contributed by atoms with Crippen LogP contribution in [0.1, 0.15) is 25.1 Å². The number of nitrogens with one attached hydrogen (secondary N) is 1. The lowest BCUT2D eigenvalue weighted by Gasteiger charge is -2.16. The fraction of sp³-hybridized carbons (Fsp3) is 0.700. The Balaban J connectivity index is 2.74. The molecule has 1 unspecified atom stereocenters. The minimum Gasteiger partial charge on any atom is -0.383 e. The zero-order chi connectivity index (χ0) is 10.4. The lowest BCUT2D eigenvalue weighted by Crippen LogP contribution is -2.24. The van der Waals surface area contributed by atoms with Crippen LogP contribution >= 0.6 is 0 Å². The highest BCUT2D eigenvalue weighted by Gasteiger charge is 2.13. The Hall–Kier alpha value is -0.870. The number of nitrogens with zero attached hydrogens (tertiary/aromatic N) is 2. The summed E-state index contributed by atoms with van der Waals surface area (Å²) < 4.78 is 7.18. The summed E-state index contributed by atoms with van der Waals surface area (Å²) in [5.41, 5.74) is 1.19. The van der Waals surface area contributed by atoms with Gasteiger partial charge in [-0.2, -0.15) is 5.10 Å². The summed E-state index contributed by atoms with van der Waals surface area (Å²) in [5.74, 6) is 0. The van der Waals surface area contributed by atoms with Gasteiger partial charge in [0.25, 0.3) is 0 Å². The Morgan fingerprint density at radius 3 is 3.00 bits per heavy atom. The molecule has 1 N–H and O–H groups in total. The maximum atomic E-state index is 5.15. The van der Waals surface area contributed by atoms with Gasteiger partial charge in [-0.1, -0.05) is 6.92 Å². The van der Waals surface area contributed by atoms with E-state index in [4.69, 9.17) is 4.74 Å². The molecule has 0 fully saturated rings. The molecule has 0 aliphatic carbocycles. The van der Waals surface area contributed by atoms with Crippen molar-refractivity contribution in [3.8, 4) is 0 Å². The highest BCUT2D eigenvalue weighted by Crippen LogP contribution is 2.12. The van der Waals surface area contributed by atoms with Crippen LogP contribution in [0.3, 0.4) is 0 Å². The van der Waals surface area contributed by atoms with Gasteiger partial charge in [-0.25, -0.2) is 0 Å². The van der Waals surface area contributed by atoms with Crippen LogP contribution in [-0.2, 0) is 11.3 Å². The average Bonchev–Trinajstić information content (AvgIpc) is 2.63. The minimum atomic E-state index is 0.231. The molecule has 80 valence electrons. The summed E-state index contributed by atoms with van der Waals surface area (Å²) in [6.07, 6.45) is 2.93.